The first-order valence-electron chi connectivity index (χ1n) is 7.56. The number of thioether (sulfide) groups is 1. The maximum atomic E-state index is 12.3. The summed E-state index contributed by atoms with van der Waals surface area (Å²) in [5.74, 6) is 1.78. The average molecular weight is 297 g/mol. The summed E-state index contributed by atoms with van der Waals surface area (Å²) >= 11 is 1.94. The lowest BCUT2D eigenvalue weighted by Gasteiger charge is -2.27. The van der Waals surface area contributed by atoms with Crippen molar-refractivity contribution in [3.63, 3.8) is 0 Å². The number of hydrogen-bond donors (Lipinski definition) is 1. The molecule has 1 aliphatic rings. The van der Waals surface area contributed by atoms with E-state index >= 15 is 0 Å². The molecule has 0 aromatic rings. The van der Waals surface area contributed by atoms with Gasteiger partial charge in [-0.2, -0.15) is 11.8 Å². The second kappa shape index (κ2) is 8.50. The van der Waals surface area contributed by atoms with Gasteiger partial charge in [0.2, 0.25) is 0 Å². The van der Waals surface area contributed by atoms with Crippen molar-refractivity contribution >= 4 is 23.3 Å². The summed E-state index contributed by atoms with van der Waals surface area (Å²) < 4.78 is 0. The van der Waals surface area contributed by atoms with Gasteiger partial charge in [0.1, 0.15) is 5.76 Å². The van der Waals surface area contributed by atoms with Gasteiger partial charge in [0.05, 0.1) is 5.57 Å². The van der Waals surface area contributed by atoms with E-state index in [9.17, 15) is 9.90 Å². The molecular weight excluding hydrogens is 270 g/mol. The molecule has 114 valence electrons. The van der Waals surface area contributed by atoms with Crippen molar-refractivity contribution in [2.24, 2.45) is 10.9 Å². The molecule has 0 aromatic heterocycles. The number of hydrogen-bond acceptors (Lipinski definition) is 4. The number of carbonyl (C=O) groups excluding carboxylic acids is 1. The van der Waals surface area contributed by atoms with E-state index in [1.807, 2.05) is 18.7 Å². The standard InChI is InChI=1S/C16H27NO2S/c1-5-7-14(18)16-13(17-4)9-12(10-15(16)19)8-11(3)20-6-2/h11-12,18H,5-10H2,1-4H3. The zero-order chi connectivity index (χ0) is 15.1. The summed E-state index contributed by atoms with van der Waals surface area (Å²) in [4.78, 5) is 16.6. The second-order valence-electron chi connectivity index (χ2n) is 5.44. The third kappa shape index (κ3) is 4.65. The molecule has 1 aliphatic carbocycles. The molecular formula is C16H27NO2S. The molecule has 0 bridgehead atoms. The Bertz CT molecular complexity index is 401. The molecule has 20 heavy (non-hydrogen) atoms. The summed E-state index contributed by atoms with van der Waals surface area (Å²) in [7, 11) is 1.72. The Morgan fingerprint density at radius 3 is 2.70 bits per heavy atom. The number of nitrogens with zero attached hydrogens (tertiary/aromatic N) is 1. The van der Waals surface area contributed by atoms with Crippen LogP contribution in [0.5, 0.6) is 0 Å². The monoisotopic (exact) mass is 297 g/mol. The number of allylic oxidation sites excluding steroid dienone is 2. The van der Waals surface area contributed by atoms with Crippen molar-refractivity contribution in [2.75, 3.05) is 12.8 Å². The van der Waals surface area contributed by atoms with Gasteiger partial charge in [-0.25, -0.2) is 0 Å². The molecule has 0 aromatic carbocycles. The van der Waals surface area contributed by atoms with Crippen LogP contribution >= 0.6 is 11.8 Å². The normalized spacial score (nSPS) is 25.9. The van der Waals surface area contributed by atoms with Crippen LogP contribution in [0.1, 0.15) is 52.9 Å². The minimum atomic E-state index is 0.0708. The van der Waals surface area contributed by atoms with Crippen LogP contribution in [0, 0.1) is 5.92 Å². The minimum Gasteiger partial charge on any atom is -0.511 e. The first-order valence-corrected chi connectivity index (χ1v) is 8.61. The van der Waals surface area contributed by atoms with E-state index in [0.717, 1.165) is 30.7 Å². The highest BCUT2D eigenvalue weighted by Gasteiger charge is 2.31. The Labute approximate surface area is 126 Å². The number of aliphatic hydroxyl groups is 1. The number of rotatable bonds is 6. The highest BCUT2D eigenvalue weighted by atomic mass is 32.2. The molecule has 0 spiro atoms. The Hall–Kier alpha value is -0.770. The summed E-state index contributed by atoms with van der Waals surface area (Å²) in [6.07, 6.45) is 3.82. The molecule has 0 radical (unpaired) electrons. The molecule has 0 aliphatic heterocycles. The molecule has 3 nitrogen and oxygen atoms in total. The van der Waals surface area contributed by atoms with Gasteiger partial charge in [-0.3, -0.25) is 9.79 Å². The van der Waals surface area contributed by atoms with Crippen molar-refractivity contribution in [1.82, 2.24) is 0 Å². The molecule has 1 N–H and O–H groups in total. The van der Waals surface area contributed by atoms with Crippen molar-refractivity contribution in [2.45, 2.75) is 58.1 Å². The Balaban J connectivity index is 2.81. The highest BCUT2D eigenvalue weighted by Crippen LogP contribution is 2.31. The van der Waals surface area contributed by atoms with Gasteiger partial charge in [-0.1, -0.05) is 20.8 Å². The maximum Gasteiger partial charge on any atom is 0.168 e. The van der Waals surface area contributed by atoms with E-state index in [-0.39, 0.29) is 11.5 Å². The van der Waals surface area contributed by atoms with Gasteiger partial charge in [-0.05, 0) is 30.9 Å². The van der Waals surface area contributed by atoms with E-state index in [1.165, 1.54) is 0 Å². The SMILES string of the molecule is CCCC(O)=C1C(=O)CC(CC(C)SCC)CC1=NC. The van der Waals surface area contributed by atoms with Crippen LogP contribution in [0.4, 0.5) is 0 Å². The number of carbonyl (C=O) groups is 1. The summed E-state index contributed by atoms with van der Waals surface area (Å²) in [6, 6.07) is 0. The van der Waals surface area contributed by atoms with Crippen LogP contribution in [-0.4, -0.2) is 34.7 Å². The van der Waals surface area contributed by atoms with E-state index in [2.05, 4.69) is 18.8 Å². The topological polar surface area (TPSA) is 49.7 Å². The van der Waals surface area contributed by atoms with Crippen LogP contribution in [0.15, 0.2) is 16.3 Å². The van der Waals surface area contributed by atoms with Crippen LogP contribution < -0.4 is 0 Å². The van der Waals surface area contributed by atoms with Crippen LogP contribution in [-0.2, 0) is 4.79 Å². The Morgan fingerprint density at radius 1 is 1.45 bits per heavy atom. The highest BCUT2D eigenvalue weighted by molar-refractivity contribution is 7.99. The van der Waals surface area contributed by atoms with Crippen molar-refractivity contribution in [1.29, 1.82) is 0 Å². The first kappa shape index (κ1) is 17.3. The Kier molecular flexibility index (Phi) is 7.35. The molecule has 2 unspecified atom stereocenters. The van der Waals surface area contributed by atoms with Gasteiger partial charge in [0, 0.05) is 30.9 Å². The molecule has 0 saturated heterocycles. The van der Waals surface area contributed by atoms with Crippen LogP contribution in [0.2, 0.25) is 0 Å². The van der Waals surface area contributed by atoms with Crippen LogP contribution in [0.3, 0.4) is 0 Å². The van der Waals surface area contributed by atoms with E-state index < -0.39 is 0 Å². The quantitative estimate of drug-likeness (QED) is 0.591. The summed E-state index contributed by atoms with van der Waals surface area (Å²) in [6.45, 7) is 6.39. The third-order valence-corrected chi connectivity index (χ3v) is 4.78. The fraction of sp³-hybridized carbons (Fsp3) is 0.750. The lowest BCUT2D eigenvalue weighted by Crippen LogP contribution is -2.29. The van der Waals surface area contributed by atoms with Crippen LogP contribution in [0.25, 0.3) is 0 Å². The molecule has 0 heterocycles. The maximum absolute atomic E-state index is 12.3. The van der Waals surface area contributed by atoms with E-state index in [1.54, 1.807) is 7.05 Å². The number of aliphatic imine (C=N–C) groups is 1. The van der Waals surface area contributed by atoms with E-state index in [4.69, 9.17) is 0 Å². The Morgan fingerprint density at radius 2 is 2.15 bits per heavy atom. The smallest absolute Gasteiger partial charge is 0.168 e. The van der Waals surface area contributed by atoms with Gasteiger partial charge >= 0.3 is 0 Å². The minimum absolute atomic E-state index is 0.0708. The fourth-order valence-electron chi connectivity index (χ4n) is 2.85. The molecule has 1 rings (SSSR count). The van der Waals surface area contributed by atoms with Crippen molar-refractivity contribution < 1.29 is 9.90 Å². The third-order valence-electron chi connectivity index (χ3n) is 3.69. The van der Waals surface area contributed by atoms with Gasteiger partial charge in [0.25, 0.3) is 0 Å². The molecule has 4 heteroatoms. The second-order valence-corrected chi connectivity index (χ2v) is 7.16. The van der Waals surface area contributed by atoms with Crippen molar-refractivity contribution in [3.8, 4) is 0 Å². The number of aliphatic hydroxyl groups excluding tert-OH is 1. The molecule has 1 fully saturated rings. The summed E-state index contributed by atoms with van der Waals surface area (Å²) in [5.41, 5.74) is 1.30. The first-order chi connectivity index (χ1) is 9.53. The zero-order valence-electron chi connectivity index (χ0n) is 13.1. The number of ketones is 1. The zero-order valence-corrected chi connectivity index (χ0v) is 13.9. The van der Waals surface area contributed by atoms with Gasteiger partial charge < -0.3 is 5.11 Å². The largest absolute Gasteiger partial charge is 0.511 e. The molecule has 0 amide bonds. The molecule has 1 saturated carbocycles. The lowest BCUT2D eigenvalue weighted by atomic mass is 9.80. The van der Waals surface area contributed by atoms with Gasteiger partial charge in [0.15, 0.2) is 5.78 Å². The van der Waals surface area contributed by atoms with Gasteiger partial charge in [-0.15, -0.1) is 0 Å². The predicted octanol–water partition coefficient (Wildman–Crippen LogP) is 4.18. The average Bonchev–Trinajstić information content (AvgIpc) is 2.38. The van der Waals surface area contributed by atoms with E-state index in [0.29, 0.717) is 29.6 Å². The predicted molar refractivity (Wildman–Crippen MR) is 87.9 cm³/mol. The summed E-state index contributed by atoms with van der Waals surface area (Å²) in [5, 5.41) is 10.6. The van der Waals surface area contributed by atoms with Crippen molar-refractivity contribution in [3.05, 3.63) is 11.3 Å². The molecule has 2 atom stereocenters. The fourth-order valence-corrected chi connectivity index (χ4v) is 3.83. The lowest BCUT2D eigenvalue weighted by molar-refractivity contribution is -0.116. The number of Topliss-reactive ketones (excluding diaryl/α,β-unsaturated/α-hetero) is 1.